The van der Waals surface area contributed by atoms with Gasteiger partial charge in [-0.2, -0.15) is 0 Å². The predicted molar refractivity (Wildman–Crippen MR) is 51.6 cm³/mol. The Morgan fingerprint density at radius 1 is 1.43 bits per heavy atom. The lowest BCUT2D eigenvalue weighted by atomic mass is 9.81. The van der Waals surface area contributed by atoms with E-state index in [9.17, 15) is 8.78 Å². The summed E-state index contributed by atoms with van der Waals surface area (Å²) in [6, 6.07) is 0.504. The van der Waals surface area contributed by atoms with Crippen molar-refractivity contribution in [3.8, 4) is 0 Å². The van der Waals surface area contributed by atoms with Crippen LogP contribution < -0.4 is 5.32 Å². The van der Waals surface area contributed by atoms with Crippen molar-refractivity contribution in [3.05, 3.63) is 0 Å². The zero-order chi connectivity index (χ0) is 10.2. The molecule has 14 heavy (non-hydrogen) atoms. The zero-order valence-electron chi connectivity index (χ0n) is 8.60. The molecule has 0 aromatic heterocycles. The Labute approximate surface area is 83.7 Å². The van der Waals surface area contributed by atoms with Crippen LogP contribution >= 0.6 is 0 Å². The van der Waals surface area contributed by atoms with E-state index in [1.54, 1.807) is 0 Å². The fourth-order valence-electron chi connectivity index (χ4n) is 2.46. The van der Waals surface area contributed by atoms with E-state index < -0.39 is 5.92 Å². The van der Waals surface area contributed by atoms with Crippen LogP contribution in [-0.4, -0.2) is 43.0 Å². The highest BCUT2D eigenvalue weighted by molar-refractivity contribution is 4.89. The predicted octanol–water partition coefficient (Wildman–Crippen LogP) is 1.33. The van der Waals surface area contributed by atoms with Crippen molar-refractivity contribution < 1.29 is 8.78 Å². The average molecular weight is 204 g/mol. The Morgan fingerprint density at radius 3 is 2.71 bits per heavy atom. The summed E-state index contributed by atoms with van der Waals surface area (Å²) in [5.41, 5.74) is 0. The van der Waals surface area contributed by atoms with Crippen molar-refractivity contribution in [3.63, 3.8) is 0 Å². The lowest BCUT2D eigenvalue weighted by Gasteiger charge is -2.40. The van der Waals surface area contributed by atoms with Gasteiger partial charge >= 0.3 is 0 Å². The number of hydrogen-bond acceptors (Lipinski definition) is 2. The van der Waals surface area contributed by atoms with Crippen LogP contribution in [0.25, 0.3) is 0 Å². The Balaban J connectivity index is 1.71. The van der Waals surface area contributed by atoms with E-state index in [1.165, 1.54) is 0 Å². The summed E-state index contributed by atoms with van der Waals surface area (Å²) in [4.78, 5) is 2.31. The fraction of sp³-hybridized carbons (Fsp3) is 1.00. The first-order valence-electron chi connectivity index (χ1n) is 5.39. The number of alkyl halides is 2. The third kappa shape index (κ3) is 2.42. The van der Waals surface area contributed by atoms with Crippen LogP contribution in [0.5, 0.6) is 0 Å². The van der Waals surface area contributed by atoms with Crippen LogP contribution in [0.15, 0.2) is 0 Å². The molecule has 2 nitrogen and oxygen atoms in total. The molecule has 1 heterocycles. The van der Waals surface area contributed by atoms with E-state index in [0.29, 0.717) is 6.04 Å². The fourth-order valence-corrected chi connectivity index (χ4v) is 2.46. The first-order valence-corrected chi connectivity index (χ1v) is 5.39. The molecule has 1 saturated carbocycles. The Kier molecular flexibility index (Phi) is 2.75. The smallest absolute Gasteiger partial charge is 0.248 e. The highest BCUT2D eigenvalue weighted by Crippen LogP contribution is 2.42. The lowest BCUT2D eigenvalue weighted by Crippen LogP contribution is -2.52. The molecular formula is C10H18F2N2. The molecule has 0 spiro atoms. The molecule has 2 fully saturated rings. The first kappa shape index (κ1) is 10.3. The van der Waals surface area contributed by atoms with E-state index in [0.717, 1.165) is 26.2 Å². The number of nitrogens with zero attached hydrogens (tertiary/aromatic N) is 1. The second-order valence-electron chi connectivity index (χ2n) is 4.74. The van der Waals surface area contributed by atoms with E-state index in [-0.39, 0.29) is 18.8 Å². The zero-order valence-corrected chi connectivity index (χ0v) is 8.60. The van der Waals surface area contributed by atoms with Crippen molar-refractivity contribution in [2.45, 2.75) is 31.7 Å². The molecule has 2 rings (SSSR count). The number of halogens is 2. The topological polar surface area (TPSA) is 15.3 Å². The van der Waals surface area contributed by atoms with Crippen LogP contribution in [0.2, 0.25) is 0 Å². The molecular weight excluding hydrogens is 186 g/mol. The third-order valence-corrected chi connectivity index (χ3v) is 3.14. The molecule has 1 aliphatic heterocycles. The van der Waals surface area contributed by atoms with Gasteiger partial charge in [-0.05, 0) is 12.8 Å². The van der Waals surface area contributed by atoms with E-state index in [2.05, 4.69) is 17.1 Å². The van der Waals surface area contributed by atoms with Crippen LogP contribution in [0, 0.1) is 5.92 Å². The van der Waals surface area contributed by atoms with Crippen molar-refractivity contribution in [2.75, 3.05) is 26.2 Å². The normalized spacial score (nSPS) is 34.1. The molecule has 1 aliphatic carbocycles. The first-order chi connectivity index (χ1) is 6.55. The van der Waals surface area contributed by atoms with Gasteiger partial charge in [0.15, 0.2) is 0 Å². The van der Waals surface area contributed by atoms with E-state index >= 15 is 0 Å². The molecule has 0 aromatic carbocycles. The standard InChI is InChI=1S/C10H18F2N2/c1-8-6-14(3-2-13-8)7-9-4-10(11,12)5-9/h8-9,13H,2-7H2,1H3/t8-/m0/s1. The Hall–Kier alpha value is -0.220. The van der Waals surface area contributed by atoms with Crippen molar-refractivity contribution in [1.29, 1.82) is 0 Å². The van der Waals surface area contributed by atoms with Gasteiger partial charge < -0.3 is 10.2 Å². The maximum Gasteiger partial charge on any atom is 0.248 e. The van der Waals surface area contributed by atoms with Gasteiger partial charge in [0.1, 0.15) is 0 Å². The molecule has 0 radical (unpaired) electrons. The summed E-state index contributed by atoms with van der Waals surface area (Å²) < 4.78 is 25.2. The molecule has 1 N–H and O–H groups in total. The highest BCUT2D eigenvalue weighted by atomic mass is 19.3. The molecule has 0 aromatic rings. The van der Waals surface area contributed by atoms with Crippen LogP contribution in [0.3, 0.4) is 0 Å². The van der Waals surface area contributed by atoms with Gasteiger partial charge in [-0.1, -0.05) is 0 Å². The number of hydrogen-bond donors (Lipinski definition) is 1. The van der Waals surface area contributed by atoms with Crippen molar-refractivity contribution in [2.24, 2.45) is 5.92 Å². The van der Waals surface area contributed by atoms with Gasteiger partial charge in [-0.15, -0.1) is 0 Å². The SMILES string of the molecule is C[C@H]1CN(CC2CC(F)(F)C2)CCN1. The summed E-state index contributed by atoms with van der Waals surface area (Å²) in [7, 11) is 0. The minimum Gasteiger partial charge on any atom is -0.312 e. The molecule has 0 unspecified atom stereocenters. The lowest BCUT2D eigenvalue weighted by molar-refractivity contribution is -0.117. The van der Waals surface area contributed by atoms with Crippen molar-refractivity contribution >= 4 is 0 Å². The molecule has 2 aliphatic rings. The number of piperazine rings is 1. The van der Waals surface area contributed by atoms with Crippen LogP contribution in [0.1, 0.15) is 19.8 Å². The summed E-state index contributed by atoms with van der Waals surface area (Å²) in [6.45, 7) is 6.00. The number of rotatable bonds is 2. The largest absolute Gasteiger partial charge is 0.312 e. The summed E-state index contributed by atoms with van der Waals surface area (Å²) in [6.07, 6.45) is 0.205. The second kappa shape index (κ2) is 3.74. The summed E-state index contributed by atoms with van der Waals surface area (Å²) in [5, 5.41) is 3.35. The van der Waals surface area contributed by atoms with Gasteiger partial charge in [0.25, 0.3) is 0 Å². The van der Waals surface area contributed by atoms with Gasteiger partial charge in [-0.3, -0.25) is 0 Å². The maximum absolute atomic E-state index is 12.6. The Bertz CT molecular complexity index is 200. The van der Waals surface area contributed by atoms with Crippen molar-refractivity contribution in [1.82, 2.24) is 10.2 Å². The van der Waals surface area contributed by atoms with Crippen LogP contribution in [-0.2, 0) is 0 Å². The van der Waals surface area contributed by atoms with Gasteiger partial charge in [0.2, 0.25) is 5.92 Å². The summed E-state index contributed by atoms with van der Waals surface area (Å²) in [5.74, 6) is -2.13. The average Bonchev–Trinajstić information content (AvgIpc) is 2.00. The second-order valence-corrected chi connectivity index (χ2v) is 4.74. The van der Waals surface area contributed by atoms with Gasteiger partial charge in [-0.25, -0.2) is 8.78 Å². The van der Waals surface area contributed by atoms with Crippen LogP contribution in [0.4, 0.5) is 8.78 Å². The molecule has 82 valence electrons. The molecule has 1 saturated heterocycles. The maximum atomic E-state index is 12.6. The van der Waals surface area contributed by atoms with E-state index in [1.807, 2.05) is 0 Å². The van der Waals surface area contributed by atoms with Gasteiger partial charge in [0, 0.05) is 45.1 Å². The quantitative estimate of drug-likeness (QED) is 0.730. The number of nitrogens with one attached hydrogen (secondary N) is 1. The summed E-state index contributed by atoms with van der Waals surface area (Å²) >= 11 is 0. The minimum atomic E-state index is -2.36. The van der Waals surface area contributed by atoms with Gasteiger partial charge in [0.05, 0.1) is 0 Å². The van der Waals surface area contributed by atoms with E-state index in [4.69, 9.17) is 0 Å². The molecule has 0 bridgehead atoms. The monoisotopic (exact) mass is 204 g/mol. The molecule has 4 heteroatoms. The molecule has 0 amide bonds. The third-order valence-electron chi connectivity index (χ3n) is 3.14. The molecule has 1 atom stereocenters. The Morgan fingerprint density at radius 2 is 2.14 bits per heavy atom. The highest BCUT2D eigenvalue weighted by Gasteiger charge is 2.45. The minimum absolute atomic E-state index is 0.102.